The van der Waals surface area contributed by atoms with Crippen molar-refractivity contribution in [1.82, 2.24) is 5.01 Å². The van der Waals surface area contributed by atoms with Crippen LogP contribution in [0.15, 0.2) is 29.4 Å². The van der Waals surface area contributed by atoms with Gasteiger partial charge in [0.15, 0.2) is 5.72 Å². The molecule has 0 unspecified atom stereocenters. The van der Waals surface area contributed by atoms with Crippen LogP contribution in [0.4, 0.5) is 18.0 Å². The maximum Gasteiger partial charge on any atom is 0.433 e. The highest BCUT2D eigenvalue weighted by molar-refractivity contribution is 6.30. The Kier molecular flexibility index (Phi) is 4.35. The summed E-state index contributed by atoms with van der Waals surface area (Å²) in [6, 6.07) is 5.43. The van der Waals surface area contributed by atoms with E-state index in [1.807, 2.05) is 0 Å². The molecule has 5 nitrogen and oxygen atoms in total. The normalized spacial score (nSPS) is 21.7. The van der Waals surface area contributed by atoms with E-state index in [2.05, 4.69) is 9.84 Å². The number of carbonyl (C=O) groups excluding carboxylic acids is 1. The Morgan fingerprint density at radius 2 is 2.05 bits per heavy atom. The summed E-state index contributed by atoms with van der Waals surface area (Å²) in [5.74, 6) is 0. The summed E-state index contributed by atoms with van der Waals surface area (Å²) in [6.45, 7) is 1.42. The fourth-order valence-corrected chi connectivity index (χ4v) is 2.15. The third-order valence-electron chi connectivity index (χ3n) is 3.06. The van der Waals surface area contributed by atoms with E-state index < -0.39 is 30.1 Å². The van der Waals surface area contributed by atoms with Crippen molar-refractivity contribution in [3.05, 3.63) is 34.9 Å². The van der Waals surface area contributed by atoms with Crippen molar-refractivity contribution >= 4 is 23.4 Å². The molecule has 0 saturated heterocycles. The van der Waals surface area contributed by atoms with Gasteiger partial charge < -0.3 is 9.84 Å². The number of rotatable bonds is 2. The number of carbonyl (C=O) groups is 1. The van der Waals surface area contributed by atoms with Crippen LogP contribution in [0.25, 0.3) is 0 Å². The molecule has 1 aromatic rings. The van der Waals surface area contributed by atoms with Gasteiger partial charge in [0, 0.05) is 10.6 Å². The molecule has 1 amide bonds. The number of alkyl halides is 3. The van der Waals surface area contributed by atoms with Gasteiger partial charge in [-0.2, -0.15) is 23.3 Å². The molecular formula is C13H12ClF3N2O3. The number of hydrazone groups is 1. The molecule has 1 atom stereocenters. The molecule has 1 aliphatic heterocycles. The van der Waals surface area contributed by atoms with Gasteiger partial charge in [0.25, 0.3) is 0 Å². The van der Waals surface area contributed by atoms with Crippen LogP contribution in [0.5, 0.6) is 0 Å². The van der Waals surface area contributed by atoms with Gasteiger partial charge in [-0.25, -0.2) is 4.79 Å². The summed E-state index contributed by atoms with van der Waals surface area (Å²) in [5.41, 5.74) is -3.49. The van der Waals surface area contributed by atoms with E-state index in [-0.39, 0.29) is 12.2 Å². The molecule has 1 aromatic carbocycles. The molecule has 0 aliphatic carbocycles. The molecule has 0 fully saturated rings. The van der Waals surface area contributed by atoms with Crippen LogP contribution >= 0.6 is 11.6 Å². The van der Waals surface area contributed by atoms with Gasteiger partial charge >= 0.3 is 12.3 Å². The molecule has 0 saturated carbocycles. The highest BCUT2D eigenvalue weighted by Gasteiger charge is 2.53. The lowest BCUT2D eigenvalue weighted by molar-refractivity contribution is -0.0889. The molecule has 2 rings (SSSR count). The number of benzene rings is 1. The number of ether oxygens (including phenoxy) is 1. The topological polar surface area (TPSA) is 62.1 Å². The summed E-state index contributed by atoms with van der Waals surface area (Å²) in [4.78, 5) is 11.8. The third-order valence-corrected chi connectivity index (χ3v) is 3.31. The molecule has 0 bridgehead atoms. The average Bonchev–Trinajstić information content (AvgIpc) is 2.79. The molecule has 0 aromatic heterocycles. The summed E-state index contributed by atoms with van der Waals surface area (Å²) in [7, 11) is 0. The van der Waals surface area contributed by atoms with Crippen molar-refractivity contribution in [2.75, 3.05) is 6.61 Å². The first-order valence-corrected chi connectivity index (χ1v) is 6.66. The maximum atomic E-state index is 12.9. The van der Waals surface area contributed by atoms with Crippen molar-refractivity contribution in [1.29, 1.82) is 0 Å². The van der Waals surface area contributed by atoms with Crippen LogP contribution in [-0.4, -0.2) is 34.7 Å². The second kappa shape index (κ2) is 5.77. The molecule has 0 spiro atoms. The fourth-order valence-electron chi connectivity index (χ4n) is 2.02. The summed E-state index contributed by atoms with van der Waals surface area (Å²) < 4.78 is 43.2. The van der Waals surface area contributed by atoms with E-state index in [0.29, 0.717) is 10.0 Å². The smallest absolute Gasteiger partial charge is 0.433 e. The van der Waals surface area contributed by atoms with Gasteiger partial charge in [-0.3, -0.25) is 0 Å². The zero-order valence-corrected chi connectivity index (χ0v) is 12.1. The van der Waals surface area contributed by atoms with Gasteiger partial charge in [-0.15, -0.1) is 0 Å². The summed E-state index contributed by atoms with van der Waals surface area (Å²) in [5, 5.41) is 14.5. The van der Waals surface area contributed by atoms with Crippen molar-refractivity contribution in [2.24, 2.45) is 5.10 Å². The molecule has 22 heavy (non-hydrogen) atoms. The minimum Gasteiger partial charge on any atom is -0.448 e. The SMILES string of the molecule is CCOC(=O)N1N=C(C(F)(F)F)C[C@@]1(O)c1ccc(Cl)cc1. The summed E-state index contributed by atoms with van der Waals surface area (Å²) >= 11 is 5.72. The second-order valence-corrected chi connectivity index (χ2v) is 4.99. The average molecular weight is 337 g/mol. The van der Waals surface area contributed by atoms with Gasteiger partial charge in [0.1, 0.15) is 5.71 Å². The molecule has 9 heteroatoms. The molecular weight excluding hydrogens is 325 g/mol. The van der Waals surface area contributed by atoms with Crippen molar-refractivity contribution < 1.29 is 27.8 Å². The van der Waals surface area contributed by atoms with Gasteiger partial charge in [0.05, 0.1) is 13.0 Å². The fraction of sp³-hybridized carbons (Fsp3) is 0.385. The second-order valence-electron chi connectivity index (χ2n) is 4.56. The Balaban J connectivity index is 2.44. The van der Waals surface area contributed by atoms with Crippen LogP contribution in [0, 0.1) is 0 Å². The highest BCUT2D eigenvalue weighted by Crippen LogP contribution is 2.40. The van der Waals surface area contributed by atoms with Gasteiger partial charge in [0.2, 0.25) is 0 Å². The Morgan fingerprint density at radius 3 is 2.55 bits per heavy atom. The number of hydrogen-bond donors (Lipinski definition) is 1. The van der Waals surface area contributed by atoms with E-state index in [0.717, 1.165) is 0 Å². The number of hydrogen-bond acceptors (Lipinski definition) is 4. The number of nitrogens with zero attached hydrogens (tertiary/aromatic N) is 2. The first-order chi connectivity index (χ1) is 10.2. The lowest BCUT2D eigenvalue weighted by Gasteiger charge is -2.30. The zero-order valence-electron chi connectivity index (χ0n) is 11.4. The predicted molar refractivity (Wildman–Crippen MR) is 72.3 cm³/mol. The van der Waals surface area contributed by atoms with E-state index in [1.165, 1.54) is 31.2 Å². The summed E-state index contributed by atoms with van der Waals surface area (Å²) in [6.07, 6.45) is -6.82. The molecule has 1 aliphatic rings. The molecule has 1 heterocycles. The Morgan fingerprint density at radius 1 is 1.45 bits per heavy atom. The van der Waals surface area contributed by atoms with E-state index in [4.69, 9.17) is 11.6 Å². The molecule has 1 N–H and O–H groups in total. The van der Waals surface area contributed by atoms with Crippen LogP contribution in [-0.2, 0) is 10.5 Å². The van der Waals surface area contributed by atoms with E-state index >= 15 is 0 Å². The largest absolute Gasteiger partial charge is 0.448 e. The minimum absolute atomic E-state index is 0.0490. The van der Waals surface area contributed by atoms with Crippen molar-refractivity contribution in [2.45, 2.75) is 25.2 Å². The minimum atomic E-state index is -4.76. The van der Waals surface area contributed by atoms with Gasteiger partial charge in [-0.1, -0.05) is 23.7 Å². The number of halogens is 4. The lowest BCUT2D eigenvalue weighted by atomic mass is 9.97. The Hall–Kier alpha value is -1.80. The first-order valence-electron chi connectivity index (χ1n) is 6.28. The number of aliphatic hydroxyl groups is 1. The third kappa shape index (κ3) is 3.02. The Bertz CT molecular complexity index is 604. The maximum absolute atomic E-state index is 12.9. The molecule has 0 radical (unpaired) electrons. The van der Waals surface area contributed by atoms with E-state index in [1.54, 1.807) is 0 Å². The van der Waals surface area contributed by atoms with E-state index in [9.17, 15) is 23.1 Å². The quantitative estimate of drug-likeness (QED) is 0.901. The lowest BCUT2D eigenvalue weighted by Crippen LogP contribution is -2.44. The first kappa shape index (κ1) is 16.6. The highest BCUT2D eigenvalue weighted by atomic mass is 35.5. The van der Waals surface area contributed by atoms with Gasteiger partial charge in [-0.05, 0) is 19.1 Å². The molecule has 120 valence electrons. The Labute approximate surface area is 128 Å². The van der Waals surface area contributed by atoms with Crippen LogP contribution in [0.1, 0.15) is 18.9 Å². The number of amides is 1. The van der Waals surface area contributed by atoms with Crippen molar-refractivity contribution in [3.8, 4) is 0 Å². The monoisotopic (exact) mass is 336 g/mol. The van der Waals surface area contributed by atoms with Crippen LogP contribution in [0.3, 0.4) is 0 Å². The van der Waals surface area contributed by atoms with Crippen LogP contribution < -0.4 is 0 Å². The standard InChI is InChI=1S/C13H12ClF3N2O3/c1-2-22-11(20)19-12(21,7-10(18-19)13(15,16)17)8-3-5-9(14)6-4-8/h3-6,21H,2,7H2,1H3/t12-/m1/s1. The van der Waals surface area contributed by atoms with Crippen molar-refractivity contribution in [3.63, 3.8) is 0 Å². The predicted octanol–water partition coefficient (Wildman–Crippen LogP) is 3.27. The van der Waals surface area contributed by atoms with Crippen LogP contribution in [0.2, 0.25) is 5.02 Å². The zero-order chi connectivity index (χ0) is 16.5.